The molecule has 2 amide bonds. The Bertz CT molecular complexity index is 257. The van der Waals surface area contributed by atoms with Gasteiger partial charge in [0.2, 0.25) is 11.8 Å². The summed E-state index contributed by atoms with van der Waals surface area (Å²) in [6, 6.07) is 0. The van der Waals surface area contributed by atoms with E-state index in [9.17, 15) is 9.59 Å². The van der Waals surface area contributed by atoms with Crippen LogP contribution in [0.15, 0.2) is 24.3 Å². The zero-order valence-electron chi connectivity index (χ0n) is 9.51. The fraction of sp³-hybridized carbons (Fsp3) is 0.455. The summed E-state index contributed by atoms with van der Waals surface area (Å²) in [5.41, 5.74) is 10.7. The molecule has 0 unspecified atom stereocenters. The molecule has 0 saturated carbocycles. The summed E-state index contributed by atoms with van der Waals surface area (Å²) in [5.74, 6) is -0.783. The van der Waals surface area contributed by atoms with Gasteiger partial charge < -0.3 is 11.5 Å². The van der Waals surface area contributed by atoms with Crippen LogP contribution in [0.25, 0.3) is 0 Å². The lowest BCUT2D eigenvalue weighted by atomic mass is 10.2. The van der Waals surface area contributed by atoms with Crippen LogP contribution >= 0.6 is 0 Å². The lowest BCUT2D eigenvalue weighted by molar-refractivity contribution is -0.115. The predicted octanol–water partition coefficient (Wildman–Crippen LogP) is 1.27. The van der Waals surface area contributed by atoms with E-state index in [-0.39, 0.29) is 5.91 Å². The Kier molecular flexibility index (Phi) is 9.52. The van der Waals surface area contributed by atoms with E-state index < -0.39 is 5.91 Å². The largest absolute Gasteiger partial charge is 0.366 e. The predicted molar refractivity (Wildman–Crippen MR) is 61.9 cm³/mol. The number of rotatable bonds is 5. The molecule has 4 heteroatoms. The molecule has 0 fully saturated rings. The van der Waals surface area contributed by atoms with E-state index in [0.717, 1.165) is 12.8 Å². The number of primary amides is 2. The number of amides is 2. The maximum Gasteiger partial charge on any atom is 0.244 e. The molecule has 86 valence electrons. The summed E-state index contributed by atoms with van der Waals surface area (Å²) < 4.78 is 0. The van der Waals surface area contributed by atoms with E-state index >= 15 is 0 Å². The first kappa shape index (κ1) is 15.9. The van der Waals surface area contributed by atoms with Crippen LogP contribution in [-0.4, -0.2) is 11.8 Å². The van der Waals surface area contributed by atoms with Gasteiger partial charge in [-0.15, -0.1) is 0 Å². The molecule has 0 aromatic heterocycles. The second-order valence-electron chi connectivity index (χ2n) is 3.04. The molecule has 4 nitrogen and oxygen atoms in total. The molecule has 0 aliphatic carbocycles. The van der Waals surface area contributed by atoms with Crippen molar-refractivity contribution in [1.29, 1.82) is 0 Å². The number of carbonyl (C=O) groups is 2. The molecule has 0 heterocycles. The molecule has 15 heavy (non-hydrogen) atoms. The van der Waals surface area contributed by atoms with Crippen LogP contribution in [0, 0.1) is 0 Å². The van der Waals surface area contributed by atoms with Crippen molar-refractivity contribution in [2.45, 2.75) is 33.1 Å². The first-order chi connectivity index (χ1) is 6.86. The molecule has 4 N–H and O–H groups in total. The molecule has 0 saturated heterocycles. The van der Waals surface area contributed by atoms with Crippen molar-refractivity contribution in [2.24, 2.45) is 11.5 Å². The summed E-state index contributed by atoms with van der Waals surface area (Å²) in [6.07, 6.45) is 2.30. The standard InChI is InChI=1S/C6H11NO.C5H9NO/c1-3-4-5(2)6(7)8;1-3-4(2)5(6)7/h2-4H2,1H3,(H2,7,8);2-3H2,1H3,(H2,6,7). The average Bonchev–Trinajstić information content (AvgIpc) is 2.17. The minimum absolute atomic E-state index is 0.383. The molecule has 0 radical (unpaired) electrons. The molecule has 0 aromatic rings. The van der Waals surface area contributed by atoms with Gasteiger partial charge in [-0.25, -0.2) is 0 Å². The number of hydrogen-bond acceptors (Lipinski definition) is 2. The van der Waals surface area contributed by atoms with Crippen LogP contribution in [0.2, 0.25) is 0 Å². The molecular formula is C11H20N2O2. The van der Waals surface area contributed by atoms with Gasteiger partial charge in [-0.1, -0.05) is 33.4 Å². The zero-order chi connectivity index (χ0) is 12.4. The van der Waals surface area contributed by atoms with Crippen molar-refractivity contribution in [3.63, 3.8) is 0 Å². The Hall–Kier alpha value is -1.58. The van der Waals surface area contributed by atoms with Gasteiger partial charge in [0.15, 0.2) is 0 Å². The van der Waals surface area contributed by atoms with Gasteiger partial charge >= 0.3 is 0 Å². The monoisotopic (exact) mass is 212 g/mol. The second kappa shape index (κ2) is 8.99. The van der Waals surface area contributed by atoms with Crippen LogP contribution in [0.4, 0.5) is 0 Å². The topological polar surface area (TPSA) is 86.2 Å². The maximum atomic E-state index is 10.2. The highest BCUT2D eigenvalue weighted by atomic mass is 16.1. The van der Waals surface area contributed by atoms with E-state index in [1.54, 1.807) is 0 Å². The molecule has 0 spiro atoms. The third-order valence-corrected chi connectivity index (χ3v) is 1.68. The van der Waals surface area contributed by atoms with Gasteiger partial charge in [0.1, 0.15) is 0 Å². The van der Waals surface area contributed by atoms with E-state index in [2.05, 4.69) is 13.2 Å². The normalized spacial score (nSPS) is 8.40. The summed E-state index contributed by atoms with van der Waals surface area (Å²) in [5, 5.41) is 0. The zero-order valence-corrected chi connectivity index (χ0v) is 9.51. The molecule has 0 atom stereocenters. The maximum absolute atomic E-state index is 10.2. The van der Waals surface area contributed by atoms with E-state index in [4.69, 9.17) is 11.5 Å². The first-order valence-electron chi connectivity index (χ1n) is 4.81. The van der Waals surface area contributed by atoms with Gasteiger partial charge in [-0.05, 0) is 12.8 Å². The quantitative estimate of drug-likeness (QED) is 0.672. The van der Waals surface area contributed by atoms with Crippen molar-refractivity contribution in [3.8, 4) is 0 Å². The van der Waals surface area contributed by atoms with Crippen molar-refractivity contribution in [1.82, 2.24) is 0 Å². The van der Waals surface area contributed by atoms with Crippen LogP contribution in [0.1, 0.15) is 33.1 Å². The lowest BCUT2D eigenvalue weighted by Crippen LogP contribution is -2.12. The Morgan fingerprint density at radius 2 is 1.40 bits per heavy atom. The summed E-state index contributed by atoms with van der Waals surface area (Å²) in [4.78, 5) is 20.3. The fourth-order valence-electron chi connectivity index (χ4n) is 0.599. The Morgan fingerprint density at radius 1 is 1.00 bits per heavy atom. The van der Waals surface area contributed by atoms with E-state index in [1.807, 2.05) is 13.8 Å². The average molecular weight is 212 g/mol. The molecule has 0 aliphatic rings. The molecule has 0 aromatic carbocycles. The summed E-state index contributed by atoms with van der Waals surface area (Å²) in [6.45, 7) is 10.7. The molecular weight excluding hydrogens is 192 g/mol. The Labute approximate surface area is 91.0 Å². The van der Waals surface area contributed by atoms with Crippen LogP contribution in [0.5, 0.6) is 0 Å². The number of hydrogen-bond donors (Lipinski definition) is 2. The second-order valence-corrected chi connectivity index (χ2v) is 3.04. The van der Waals surface area contributed by atoms with Gasteiger partial charge in [-0.3, -0.25) is 9.59 Å². The van der Waals surface area contributed by atoms with Crippen LogP contribution in [0.3, 0.4) is 0 Å². The SMILES string of the molecule is C=C(CC)C(N)=O.C=C(CCC)C(N)=O. The minimum Gasteiger partial charge on any atom is -0.366 e. The van der Waals surface area contributed by atoms with Gasteiger partial charge in [-0.2, -0.15) is 0 Å². The van der Waals surface area contributed by atoms with Crippen LogP contribution < -0.4 is 11.5 Å². The number of carbonyl (C=O) groups excluding carboxylic acids is 2. The molecule has 0 bridgehead atoms. The molecule has 0 rings (SSSR count). The fourth-order valence-corrected chi connectivity index (χ4v) is 0.599. The van der Waals surface area contributed by atoms with Crippen molar-refractivity contribution >= 4 is 11.8 Å². The molecule has 0 aliphatic heterocycles. The van der Waals surface area contributed by atoms with Gasteiger partial charge in [0, 0.05) is 11.1 Å². The van der Waals surface area contributed by atoms with Crippen molar-refractivity contribution < 1.29 is 9.59 Å². The van der Waals surface area contributed by atoms with Crippen LogP contribution in [-0.2, 0) is 9.59 Å². The Balaban J connectivity index is 0. The Morgan fingerprint density at radius 3 is 1.47 bits per heavy atom. The number of nitrogens with two attached hydrogens (primary N) is 2. The van der Waals surface area contributed by atoms with Gasteiger partial charge in [0.05, 0.1) is 0 Å². The summed E-state index contributed by atoms with van der Waals surface area (Å²) >= 11 is 0. The smallest absolute Gasteiger partial charge is 0.244 e. The highest BCUT2D eigenvalue weighted by molar-refractivity contribution is 5.91. The highest BCUT2D eigenvalue weighted by Crippen LogP contribution is 1.98. The van der Waals surface area contributed by atoms with E-state index in [1.165, 1.54) is 0 Å². The first-order valence-corrected chi connectivity index (χ1v) is 4.81. The minimum atomic E-state index is -0.400. The van der Waals surface area contributed by atoms with Crippen molar-refractivity contribution in [2.75, 3.05) is 0 Å². The third-order valence-electron chi connectivity index (χ3n) is 1.68. The highest BCUT2D eigenvalue weighted by Gasteiger charge is 1.96. The van der Waals surface area contributed by atoms with Gasteiger partial charge in [0.25, 0.3) is 0 Å². The third kappa shape index (κ3) is 10.3. The lowest BCUT2D eigenvalue weighted by Gasteiger charge is -1.93. The van der Waals surface area contributed by atoms with E-state index in [0.29, 0.717) is 17.6 Å². The summed E-state index contributed by atoms with van der Waals surface area (Å²) in [7, 11) is 0. The van der Waals surface area contributed by atoms with Crippen molar-refractivity contribution in [3.05, 3.63) is 24.3 Å².